The fourth-order valence-electron chi connectivity index (χ4n) is 3.51. The van der Waals surface area contributed by atoms with Crippen LogP contribution in [-0.2, 0) is 16.1 Å². The highest BCUT2D eigenvalue weighted by atomic mass is 35.5. The number of rotatable bonds is 7. The molecule has 29 heavy (non-hydrogen) atoms. The third kappa shape index (κ3) is 5.74. The Bertz CT molecular complexity index is 903. The molecule has 1 aliphatic heterocycles. The quantitative estimate of drug-likeness (QED) is 0.667. The molecule has 2 heterocycles. The molecule has 2 aromatic rings. The van der Waals surface area contributed by atoms with E-state index in [1.807, 2.05) is 4.90 Å². The number of hydrogen-bond donors (Lipinski definition) is 2. The number of carbonyl (C=O) groups excluding carboxylic acids is 2. The van der Waals surface area contributed by atoms with Crippen molar-refractivity contribution in [1.29, 1.82) is 0 Å². The lowest BCUT2D eigenvalue weighted by molar-refractivity contribution is -0.135. The second-order valence-corrected chi connectivity index (χ2v) is 6.96. The van der Waals surface area contributed by atoms with E-state index in [9.17, 15) is 14.4 Å². The molecule has 3 rings (SSSR count). The van der Waals surface area contributed by atoms with Crippen LogP contribution in [0.5, 0.6) is 0 Å². The van der Waals surface area contributed by atoms with Crippen LogP contribution >= 0.6 is 12.4 Å². The van der Waals surface area contributed by atoms with Gasteiger partial charge in [0, 0.05) is 38.5 Å². The van der Waals surface area contributed by atoms with Crippen LogP contribution in [0, 0.1) is 0 Å². The fraction of sp³-hybridized carbons (Fsp3) is 0.526. The van der Waals surface area contributed by atoms with Crippen molar-refractivity contribution in [3.63, 3.8) is 0 Å². The van der Waals surface area contributed by atoms with E-state index >= 15 is 0 Å². The number of fused-ring (bicyclic) bond motifs is 1. The standard InChI is InChI=1S/C19H26N6O3.ClH/c20-10-8-17(26)21-13-14-5-3-4-11-24(14)18(27)9-12-25-19(28)15-6-1-2-7-16(15)22-23-25;/h1-2,6-7,14H,3-5,8-13,20H2,(H,21,26);1H. The molecule has 3 N–H and O–H groups in total. The Balaban J connectivity index is 0.00000300. The monoisotopic (exact) mass is 422 g/mol. The fourth-order valence-corrected chi connectivity index (χ4v) is 3.51. The molecule has 0 aliphatic carbocycles. The maximum absolute atomic E-state index is 12.8. The molecule has 0 saturated carbocycles. The zero-order chi connectivity index (χ0) is 19.9. The maximum atomic E-state index is 12.8. The number of nitrogens with zero attached hydrogens (tertiary/aromatic N) is 4. The molecule has 1 aromatic heterocycles. The third-order valence-corrected chi connectivity index (χ3v) is 5.02. The van der Waals surface area contributed by atoms with E-state index in [0.29, 0.717) is 30.5 Å². The second-order valence-electron chi connectivity index (χ2n) is 6.96. The summed E-state index contributed by atoms with van der Waals surface area (Å²) in [7, 11) is 0. The first-order valence-electron chi connectivity index (χ1n) is 9.69. The average Bonchev–Trinajstić information content (AvgIpc) is 2.72. The number of aryl methyl sites for hydroxylation is 1. The van der Waals surface area contributed by atoms with Gasteiger partial charge in [-0.2, -0.15) is 0 Å². The summed E-state index contributed by atoms with van der Waals surface area (Å²) in [6, 6.07) is 6.99. The molecule has 1 fully saturated rings. The van der Waals surface area contributed by atoms with Gasteiger partial charge < -0.3 is 16.0 Å². The minimum absolute atomic E-state index is 0. The van der Waals surface area contributed by atoms with Gasteiger partial charge >= 0.3 is 0 Å². The van der Waals surface area contributed by atoms with Crippen molar-refractivity contribution >= 4 is 35.1 Å². The van der Waals surface area contributed by atoms with Gasteiger partial charge in [0.2, 0.25) is 11.8 Å². The van der Waals surface area contributed by atoms with Crippen LogP contribution in [0.2, 0.25) is 0 Å². The van der Waals surface area contributed by atoms with Gasteiger partial charge in [0.1, 0.15) is 5.52 Å². The van der Waals surface area contributed by atoms with Crippen LogP contribution < -0.4 is 16.6 Å². The molecule has 1 saturated heterocycles. The maximum Gasteiger partial charge on any atom is 0.277 e. The Morgan fingerprint density at radius 3 is 2.79 bits per heavy atom. The van der Waals surface area contributed by atoms with Gasteiger partial charge in [-0.3, -0.25) is 14.4 Å². The molecule has 2 amide bonds. The van der Waals surface area contributed by atoms with Gasteiger partial charge in [0.25, 0.3) is 5.56 Å². The predicted molar refractivity (Wildman–Crippen MR) is 112 cm³/mol. The lowest BCUT2D eigenvalue weighted by atomic mass is 10.0. The van der Waals surface area contributed by atoms with E-state index in [2.05, 4.69) is 15.6 Å². The van der Waals surface area contributed by atoms with Crippen LogP contribution in [0.15, 0.2) is 29.1 Å². The topological polar surface area (TPSA) is 123 Å². The van der Waals surface area contributed by atoms with Gasteiger partial charge in [-0.15, -0.1) is 17.5 Å². The minimum atomic E-state index is -0.248. The van der Waals surface area contributed by atoms with Crippen molar-refractivity contribution in [2.24, 2.45) is 5.73 Å². The van der Waals surface area contributed by atoms with Gasteiger partial charge in [-0.1, -0.05) is 17.3 Å². The van der Waals surface area contributed by atoms with E-state index in [-0.39, 0.29) is 55.2 Å². The van der Waals surface area contributed by atoms with Crippen molar-refractivity contribution < 1.29 is 9.59 Å². The predicted octanol–water partition coefficient (Wildman–Crippen LogP) is 0.450. The molecule has 1 atom stereocenters. The number of aromatic nitrogens is 3. The van der Waals surface area contributed by atoms with E-state index in [4.69, 9.17) is 5.73 Å². The summed E-state index contributed by atoms with van der Waals surface area (Å²) in [6.07, 6.45) is 3.26. The highest BCUT2D eigenvalue weighted by Crippen LogP contribution is 2.17. The lowest BCUT2D eigenvalue weighted by Crippen LogP contribution is -2.49. The Labute approximate surface area is 175 Å². The summed E-state index contributed by atoms with van der Waals surface area (Å²) in [5.74, 6) is -0.141. The molecule has 1 aliphatic rings. The molecule has 9 nitrogen and oxygen atoms in total. The van der Waals surface area contributed by atoms with Crippen molar-refractivity contribution in [3.8, 4) is 0 Å². The van der Waals surface area contributed by atoms with E-state index in [0.717, 1.165) is 19.3 Å². The van der Waals surface area contributed by atoms with Crippen LogP contribution in [0.4, 0.5) is 0 Å². The Kier molecular flexibility index (Phi) is 8.53. The summed E-state index contributed by atoms with van der Waals surface area (Å²) >= 11 is 0. The van der Waals surface area contributed by atoms with Crippen LogP contribution in [0.3, 0.4) is 0 Å². The summed E-state index contributed by atoms with van der Waals surface area (Å²) < 4.78 is 1.24. The molecule has 10 heteroatoms. The molecule has 0 bridgehead atoms. The summed E-state index contributed by atoms with van der Waals surface area (Å²) in [5.41, 5.74) is 5.68. The van der Waals surface area contributed by atoms with Crippen molar-refractivity contribution in [1.82, 2.24) is 25.2 Å². The number of amides is 2. The molecule has 1 aromatic carbocycles. The number of carbonyl (C=O) groups is 2. The van der Waals surface area contributed by atoms with Crippen molar-refractivity contribution in [2.45, 2.75) is 44.7 Å². The number of benzene rings is 1. The smallest absolute Gasteiger partial charge is 0.277 e. The Morgan fingerprint density at radius 1 is 1.21 bits per heavy atom. The normalized spacial score (nSPS) is 16.3. The zero-order valence-corrected chi connectivity index (χ0v) is 17.1. The largest absolute Gasteiger partial charge is 0.354 e. The highest BCUT2D eigenvalue weighted by molar-refractivity contribution is 5.85. The minimum Gasteiger partial charge on any atom is -0.354 e. The van der Waals surface area contributed by atoms with E-state index in [1.54, 1.807) is 24.3 Å². The molecular formula is C19H27ClN6O3. The number of likely N-dealkylation sites (tertiary alicyclic amines) is 1. The summed E-state index contributed by atoms with van der Waals surface area (Å²) in [6.45, 7) is 1.58. The van der Waals surface area contributed by atoms with Crippen LogP contribution in [0.1, 0.15) is 32.1 Å². The van der Waals surface area contributed by atoms with Gasteiger partial charge in [-0.25, -0.2) is 4.68 Å². The summed E-state index contributed by atoms with van der Waals surface area (Å²) in [4.78, 5) is 38.7. The first kappa shape index (κ1) is 22.8. The second kappa shape index (κ2) is 10.9. The van der Waals surface area contributed by atoms with Gasteiger partial charge in [0.15, 0.2) is 0 Å². The van der Waals surface area contributed by atoms with Gasteiger partial charge in [0.05, 0.1) is 11.9 Å². The molecule has 0 spiro atoms. The Morgan fingerprint density at radius 2 is 2.00 bits per heavy atom. The first-order valence-corrected chi connectivity index (χ1v) is 9.69. The third-order valence-electron chi connectivity index (χ3n) is 5.02. The van der Waals surface area contributed by atoms with E-state index < -0.39 is 0 Å². The number of nitrogens with one attached hydrogen (secondary N) is 1. The Hall–Kier alpha value is -2.52. The average molecular weight is 423 g/mol. The number of hydrogen-bond acceptors (Lipinski definition) is 6. The number of nitrogens with two attached hydrogens (primary N) is 1. The highest BCUT2D eigenvalue weighted by Gasteiger charge is 2.26. The van der Waals surface area contributed by atoms with E-state index in [1.165, 1.54) is 4.68 Å². The van der Waals surface area contributed by atoms with Crippen molar-refractivity contribution in [3.05, 3.63) is 34.6 Å². The van der Waals surface area contributed by atoms with Crippen LogP contribution in [0.25, 0.3) is 10.9 Å². The SMILES string of the molecule is Cl.NCCC(=O)NCC1CCCCN1C(=O)CCn1nnc2ccccc2c1=O. The number of halogens is 1. The van der Waals surface area contributed by atoms with Gasteiger partial charge in [-0.05, 0) is 31.4 Å². The van der Waals surface area contributed by atoms with Crippen LogP contribution in [-0.4, -0.2) is 57.4 Å². The first-order chi connectivity index (χ1) is 13.6. The molecule has 0 radical (unpaired) electrons. The lowest BCUT2D eigenvalue weighted by Gasteiger charge is -2.36. The molecule has 1 unspecified atom stereocenters. The van der Waals surface area contributed by atoms with Crippen molar-refractivity contribution in [2.75, 3.05) is 19.6 Å². The zero-order valence-electron chi connectivity index (χ0n) is 16.2. The molecule has 158 valence electrons. The molecular weight excluding hydrogens is 396 g/mol. The summed E-state index contributed by atoms with van der Waals surface area (Å²) in [5, 5.41) is 11.3. The number of piperidine rings is 1.